The topological polar surface area (TPSA) is 70.7 Å². The molecule has 1 atom stereocenters. The molecule has 142 valence electrons. The first-order chi connectivity index (χ1) is 13.1. The Morgan fingerprint density at radius 1 is 1.22 bits per heavy atom. The number of carbonyl (C=O) groups excluding carboxylic acids is 2. The van der Waals surface area contributed by atoms with E-state index in [1.54, 1.807) is 11.0 Å². The smallest absolute Gasteiger partial charge is 0.315 e. The lowest BCUT2D eigenvalue weighted by Crippen LogP contribution is -2.43. The maximum Gasteiger partial charge on any atom is 0.315 e. The van der Waals surface area contributed by atoms with Gasteiger partial charge in [0.2, 0.25) is 5.91 Å². The van der Waals surface area contributed by atoms with Gasteiger partial charge in [-0.05, 0) is 42.8 Å². The first-order valence-electron chi connectivity index (χ1n) is 8.88. The molecule has 1 heterocycles. The van der Waals surface area contributed by atoms with E-state index in [0.29, 0.717) is 24.7 Å². The largest absolute Gasteiger partial charge is 0.494 e. The fourth-order valence-electron chi connectivity index (χ4n) is 3.00. The van der Waals surface area contributed by atoms with Crippen LogP contribution < -0.4 is 20.3 Å². The minimum Gasteiger partial charge on any atom is -0.494 e. The van der Waals surface area contributed by atoms with Gasteiger partial charge in [-0.25, -0.2) is 4.79 Å². The maximum absolute atomic E-state index is 12.3. The van der Waals surface area contributed by atoms with E-state index >= 15 is 0 Å². The Morgan fingerprint density at radius 3 is 2.67 bits per heavy atom. The van der Waals surface area contributed by atoms with Crippen molar-refractivity contribution in [1.82, 2.24) is 10.6 Å². The van der Waals surface area contributed by atoms with Crippen molar-refractivity contribution in [2.45, 2.75) is 25.9 Å². The normalized spacial score (nSPS) is 16.3. The molecule has 0 bridgehead atoms. The lowest BCUT2D eigenvalue weighted by atomic mass is 10.2. The summed E-state index contributed by atoms with van der Waals surface area (Å²) in [5, 5.41) is 6.23. The monoisotopic (exact) mass is 387 g/mol. The van der Waals surface area contributed by atoms with Crippen molar-refractivity contribution < 1.29 is 14.3 Å². The number of benzene rings is 2. The minimum atomic E-state index is -0.318. The second-order valence-corrected chi connectivity index (χ2v) is 6.66. The van der Waals surface area contributed by atoms with E-state index in [9.17, 15) is 9.59 Å². The average molecular weight is 388 g/mol. The van der Waals surface area contributed by atoms with Gasteiger partial charge in [-0.2, -0.15) is 0 Å². The zero-order valence-electron chi connectivity index (χ0n) is 15.1. The molecular formula is C20H22ClN3O3. The molecule has 1 aliphatic rings. The summed E-state index contributed by atoms with van der Waals surface area (Å²) < 4.78 is 5.42. The Hall–Kier alpha value is -2.73. The van der Waals surface area contributed by atoms with E-state index in [4.69, 9.17) is 16.3 Å². The molecule has 2 aromatic rings. The van der Waals surface area contributed by atoms with Crippen LogP contribution in [0.25, 0.3) is 0 Å². The lowest BCUT2D eigenvalue weighted by molar-refractivity contribution is -0.117. The van der Waals surface area contributed by atoms with Gasteiger partial charge in [-0.15, -0.1) is 0 Å². The highest BCUT2D eigenvalue weighted by atomic mass is 35.5. The number of amides is 3. The zero-order valence-corrected chi connectivity index (χ0v) is 15.8. The molecule has 6 nitrogen and oxygen atoms in total. The van der Waals surface area contributed by atoms with E-state index in [-0.39, 0.29) is 24.4 Å². The number of halogens is 1. The summed E-state index contributed by atoms with van der Waals surface area (Å²) in [4.78, 5) is 26.1. The fraction of sp³-hybridized carbons (Fsp3) is 0.300. The molecule has 0 saturated carbocycles. The summed E-state index contributed by atoms with van der Waals surface area (Å²) in [5.74, 6) is 0.747. The molecule has 0 radical (unpaired) electrons. The van der Waals surface area contributed by atoms with Gasteiger partial charge >= 0.3 is 6.03 Å². The van der Waals surface area contributed by atoms with Crippen LogP contribution in [0.4, 0.5) is 10.5 Å². The van der Waals surface area contributed by atoms with Crippen LogP contribution in [0.1, 0.15) is 18.9 Å². The molecule has 2 N–H and O–H groups in total. The standard InChI is InChI=1S/C20H22ClN3O3/c1-2-27-17-9-7-16(8-10-17)24-13-15(11-19(24)25)23-20(26)22-12-14-5-3-4-6-18(14)21/h3-10,15H,2,11-13H2,1H3,(H2,22,23,26). The molecule has 0 aliphatic carbocycles. The van der Waals surface area contributed by atoms with Crippen LogP contribution in [-0.4, -0.2) is 31.1 Å². The van der Waals surface area contributed by atoms with E-state index < -0.39 is 0 Å². The predicted octanol–water partition coefficient (Wildman–Crippen LogP) is 3.34. The predicted molar refractivity (Wildman–Crippen MR) is 105 cm³/mol. The number of rotatable bonds is 6. The van der Waals surface area contributed by atoms with Crippen LogP contribution in [0.5, 0.6) is 5.75 Å². The molecule has 1 unspecified atom stereocenters. The summed E-state index contributed by atoms with van der Waals surface area (Å²) in [5.41, 5.74) is 1.64. The Bertz CT molecular complexity index is 810. The molecule has 2 aromatic carbocycles. The molecule has 3 rings (SSSR count). The van der Waals surface area contributed by atoms with Gasteiger partial charge in [0.25, 0.3) is 0 Å². The zero-order chi connectivity index (χ0) is 19.2. The second-order valence-electron chi connectivity index (χ2n) is 6.25. The van der Waals surface area contributed by atoms with Crippen molar-refractivity contribution in [1.29, 1.82) is 0 Å². The van der Waals surface area contributed by atoms with Crippen LogP contribution in [0.2, 0.25) is 5.02 Å². The van der Waals surface area contributed by atoms with Gasteiger partial charge in [-0.3, -0.25) is 4.79 Å². The first kappa shape index (κ1) is 19.0. The van der Waals surface area contributed by atoms with Gasteiger partial charge in [0.05, 0.1) is 12.6 Å². The van der Waals surface area contributed by atoms with Crippen LogP contribution in [-0.2, 0) is 11.3 Å². The highest BCUT2D eigenvalue weighted by molar-refractivity contribution is 6.31. The summed E-state index contributed by atoms with van der Waals surface area (Å²) in [6.45, 7) is 3.28. The van der Waals surface area contributed by atoms with Crippen molar-refractivity contribution in [3.63, 3.8) is 0 Å². The third kappa shape index (κ3) is 4.92. The fourth-order valence-corrected chi connectivity index (χ4v) is 3.20. The third-order valence-electron chi connectivity index (χ3n) is 4.32. The number of hydrogen-bond donors (Lipinski definition) is 2. The van der Waals surface area contributed by atoms with Gasteiger partial charge in [0.15, 0.2) is 0 Å². The minimum absolute atomic E-state index is 0.0180. The number of anilines is 1. The van der Waals surface area contributed by atoms with E-state index in [2.05, 4.69) is 10.6 Å². The van der Waals surface area contributed by atoms with Gasteiger partial charge < -0.3 is 20.3 Å². The van der Waals surface area contributed by atoms with Crippen molar-refractivity contribution in [3.8, 4) is 5.75 Å². The highest BCUT2D eigenvalue weighted by Gasteiger charge is 2.31. The van der Waals surface area contributed by atoms with E-state index in [1.165, 1.54) is 0 Å². The number of ether oxygens (including phenoxy) is 1. The molecule has 1 saturated heterocycles. The summed E-state index contributed by atoms with van der Waals surface area (Å²) >= 11 is 6.08. The number of carbonyl (C=O) groups is 2. The number of nitrogens with zero attached hydrogens (tertiary/aromatic N) is 1. The van der Waals surface area contributed by atoms with E-state index in [1.807, 2.05) is 49.4 Å². The van der Waals surface area contributed by atoms with Crippen molar-refractivity contribution in [2.24, 2.45) is 0 Å². The average Bonchev–Trinajstić information content (AvgIpc) is 3.02. The summed E-state index contributed by atoms with van der Waals surface area (Å²) in [6, 6.07) is 14.2. The highest BCUT2D eigenvalue weighted by Crippen LogP contribution is 2.24. The third-order valence-corrected chi connectivity index (χ3v) is 4.69. The number of urea groups is 1. The molecular weight excluding hydrogens is 366 g/mol. The Labute approximate surface area is 163 Å². The summed E-state index contributed by atoms with van der Waals surface area (Å²) in [6.07, 6.45) is 0.271. The Balaban J connectivity index is 1.52. The molecule has 1 aliphatic heterocycles. The van der Waals surface area contributed by atoms with Crippen molar-refractivity contribution >= 4 is 29.2 Å². The molecule has 0 spiro atoms. The van der Waals surface area contributed by atoms with Gasteiger partial charge in [-0.1, -0.05) is 29.8 Å². The Morgan fingerprint density at radius 2 is 1.96 bits per heavy atom. The van der Waals surface area contributed by atoms with Crippen molar-refractivity contribution in [2.75, 3.05) is 18.1 Å². The maximum atomic E-state index is 12.3. The second kappa shape index (κ2) is 8.77. The molecule has 27 heavy (non-hydrogen) atoms. The number of nitrogens with one attached hydrogen (secondary N) is 2. The van der Waals surface area contributed by atoms with Gasteiger partial charge in [0.1, 0.15) is 5.75 Å². The van der Waals surface area contributed by atoms with Crippen LogP contribution >= 0.6 is 11.6 Å². The number of hydrogen-bond acceptors (Lipinski definition) is 3. The molecule has 7 heteroatoms. The van der Waals surface area contributed by atoms with E-state index in [0.717, 1.165) is 17.0 Å². The molecule has 0 aromatic heterocycles. The first-order valence-corrected chi connectivity index (χ1v) is 9.25. The summed E-state index contributed by atoms with van der Waals surface area (Å²) in [7, 11) is 0. The molecule has 1 fully saturated rings. The molecule has 3 amide bonds. The van der Waals surface area contributed by atoms with Gasteiger partial charge in [0, 0.05) is 30.2 Å². The van der Waals surface area contributed by atoms with Crippen LogP contribution in [0.3, 0.4) is 0 Å². The van der Waals surface area contributed by atoms with Crippen molar-refractivity contribution in [3.05, 3.63) is 59.1 Å². The quantitative estimate of drug-likeness (QED) is 0.798. The Kier molecular flexibility index (Phi) is 6.19. The van der Waals surface area contributed by atoms with Crippen LogP contribution in [0.15, 0.2) is 48.5 Å². The van der Waals surface area contributed by atoms with Crippen LogP contribution in [0, 0.1) is 0 Å². The lowest BCUT2D eigenvalue weighted by Gasteiger charge is -2.18. The SMILES string of the molecule is CCOc1ccc(N2CC(NC(=O)NCc3ccccc3Cl)CC2=O)cc1.